The van der Waals surface area contributed by atoms with Gasteiger partial charge >= 0.3 is 0 Å². The molecule has 1 aliphatic carbocycles. The standard InChI is InChI=1S/C16H26O/c1-12(2)9-10-16(17-6)11-14(5)7-8-15(16)13(3)4/h13-15H,1,7-8,11H2,2-6H3/t14-,15+,16+/m1/s1. The van der Waals surface area contributed by atoms with E-state index in [2.05, 4.69) is 39.2 Å². The van der Waals surface area contributed by atoms with E-state index in [4.69, 9.17) is 4.74 Å². The molecule has 0 radical (unpaired) electrons. The van der Waals surface area contributed by atoms with E-state index in [-0.39, 0.29) is 5.60 Å². The molecule has 0 aromatic carbocycles. The Hall–Kier alpha value is -0.740. The molecule has 3 atom stereocenters. The van der Waals surface area contributed by atoms with Gasteiger partial charge in [-0.1, -0.05) is 45.6 Å². The molecule has 1 heteroatoms. The van der Waals surface area contributed by atoms with Crippen LogP contribution in [0.3, 0.4) is 0 Å². The zero-order chi connectivity index (χ0) is 13.1. The first-order valence-electron chi connectivity index (χ1n) is 6.65. The van der Waals surface area contributed by atoms with Crippen LogP contribution in [0.1, 0.15) is 47.0 Å². The maximum Gasteiger partial charge on any atom is 0.131 e. The summed E-state index contributed by atoms with van der Waals surface area (Å²) in [4.78, 5) is 0. The average Bonchev–Trinajstić information content (AvgIpc) is 2.25. The largest absolute Gasteiger partial charge is 0.365 e. The molecule has 1 fully saturated rings. The summed E-state index contributed by atoms with van der Waals surface area (Å²) in [5, 5.41) is 0. The van der Waals surface area contributed by atoms with Crippen molar-refractivity contribution in [2.75, 3.05) is 7.11 Å². The SMILES string of the molecule is C=C(C)C#C[C@]1(OC)C[C@H](C)CC[C@H]1C(C)C. The summed E-state index contributed by atoms with van der Waals surface area (Å²) < 4.78 is 5.86. The first-order chi connectivity index (χ1) is 7.91. The molecule has 0 bridgehead atoms. The van der Waals surface area contributed by atoms with Crippen molar-refractivity contribution in [1.82, 2.24) is 0 Å². The van der Waals surface area contributed by atoms with Crippen molar-refractivity contribution >= 4 is 0 Å². The lowest BCUT2D eigenvalue weighted by Gasteiger charge is -2.44. The fraction of sp³-hybridized carbons (Fsp3) is 0.750. The fourth-order valence-electron chi connectivity index (χ4n) is 2.98. The third kappa shape index (κ3) is 3.36. The predicted molar refractivity (Wildman–Crippen MR) is 73.7 cm³/mol. The van der Waals surface area contributed by atoms with E-state index in [9.17, 15) is 0 Å². The van der Waals surface area contributed by atoms with Gasteiger partial charge in [-0.3, -0.25) is 0 Å². The highest BCUT2D eigenvalue weighted by Gasteiger charge is 2.43. The number of allylic oxidation sites excluding steroid dienone is 1. The first-order valence-corrected chi connectivity index (χ1v) is 6.65. The molecule has 0 aromatic heterocycles. The zero-order valence-electron chi connectivity index (χ0n) is 12.0. The summed E-state index contributed by atoms with van der Waals surface area (Å²) in [6.45, 7) is 12.7. The second kappa shape index (κ2) is 5.74. The van der Waals surface area contributed by atoms with Crippen LogP contribution in [0.5, 0.6) is 0 Å². The summed E-state index contributed by atoms with van der Waals surface area (Å²) in [5.41, 5.74) is 0.660. The lowest BCUT2D eigenvalue weighted by atomic mass is 9.67. The van der Waals surface area contributed by atoms with E-state index >= 15 is 0 Å². The molecular formula is C16H26O. The Morgan fingerprint density at radius 1 is 1.41 bits per heavy atom. The third-order valence-corrected chi connectivity index (χ3v) is 3.88. The van der Waals surface area contributed by atoms with Crippen LogP contribution in [-0.2, 0) is 4.74 Å². The van der Waals surface area contributed by atoms with Gasteiger partial charge in [0.2, 0.25) is 0 Å². The highest BCUT2D eigenvalue weighted by molar-refractivity contribution is 5.29. The molecule has 1 saturated carbocycles. The summed E-state index contributed by atoms with van der Waals surface area (Å²) in [7, 11) is 1.81. The van der Waals surface area contributed by atoms with Crippen LogP contribution in [0.15, 0.2) is 12.2 Å². The van der Waals surface area contributed by atoms with Crippen molar-refractivity contribution in [2.45, 2.75) is 52.6 Å². The summed E-state index contributed by atoms with van der Waals surface area (Å²) in [6, 6.07) is 0. The Labute approximate surface area is 107 Å². The quantitative estimate of drug-likeness (QED) is 0.655. The van der Waals surface area contributed by atoms with Gasteiger partial charge in [0, 0.05) is 13.0 Å². The normalized spacial score (nSPS) is 33.1. The molecule has 0 aromatic rings. The van der Waals surface area contributed by atoms with Gasteiger partial charge in [-0.05, 0) is 37.2 Å². The van der Waals surface area contributed by atoms with Crippen LogP contribution in [0.2, 0.25) is 0 Å². The molecule has 0 spiro atoms. The zero-order valence-corrected chi connectivity index (χ0v) is 12.0. The Kier molecular flexibility index (Phi) is 4.83. The highest BCUT2D eigenvalue weighted by atomic mass is 16.5. The van der Waals surface area contributed by atoms with Crippen molar-refractivity contribution in [1.29, 1.82) is 0 Å². The van der Waals surface area contributed by atoms with Gasteiger partial charge in [-0.25, -0.2) is 0 Å². The number of ether oxygens (including phenoxy) is 1. The van der Waals surface area contributed by atoms with E-state index in [1.807, 2.05) is 6.92 Å². The van der Waals surface area contributed by atoms with Gasteiger partial charge in [-0.15, -0.1) is 0 Å². The molecule has 96 valence electrons. The Morgan fingerprint density at radius 3 is 2.53 bits per heavy atom. The smallest absolute Gasteiger partial charge is 0.131 e. The number of methoxy groups -OCH3 is 1. The monoisotopic (exact) mass is 234 g/mol. The van der Waals surface area contributed by atoms with Gasteiger partial charge in [0.1, 0.15) is 5.60 Å². The third-order valence-electron chi connectivity index (χ3n) is 3.88. The Morgan fingerprint density at radius 2 is 2.06 bits per heavy atom. The second-order valence-corrected chi connectivity index (χ2v) is 5.86. The van der Waals surface area contributed by atoms with Crippen LogP contribution in [0.4, 0.5) is 0 Å². The summed E-state index contributed by atoms with van der Waals surface area (Å²) >= 11 is 0. The minimum atomic E-state index is -0.259. The van der Waals surface area contributed by atoms with Gasteiger partial charge in [0.25, 0.3) is 0 Å². The van der Waals surface area contributed by atoms with Crippen molar-refractivity contribution in [3.05, 3.63) is 12.2 Å². The Bertz CT molecular complexity index is 331. The summed E-state index contributed by atoms with van der Waals surface area (Å²) in [6.07, 6.45) is 3.56. The molecule has 1 nitrogen and oxygen atoms in total. The molecule has 1 rings (SSSR count). The van der Waals surface area contributed by atoms with Crippen LogP contribution in [0.25, 0.3) is 0 Å². The fourth-order valence-corrected chi connectivity index (χ4v) is 2.98. The lowest BCUT2D eigenvalue weighted by molar-refractivity contribution is -0.0655. The van der Waals surface area contributed by atoms with Crippen LogP contribution in [0, 0.1) is 29.6 Å². The van der Waals surface area contributed by atoms with Gasteiger partial charge in [0.05, 0.1) is 0 Å². The number of rotatable bonds is 2. The molecule has 1 aliphatic rings. The Balaban J connectivity index is 3.05. The number of hydrogen-bond acceptors (Lipinski definition) is 1. The molecular weight excluding hydrogens is 208 g/mol. The molecule has 0 heterocycles. The number of hydrogen-bond donors (Lipinski definition) is 0. The van der Waals surface area contributed by atoms with Gasteiger partial charge < -0.3 is 4.74 Å². The molecule has 0 saturated heterocycles. The van der Waals surface area contributed by atoms with Crippen molar-refractivity contribution in [3.8, 4) is 11.8 Å². The average molecular weight is 234 g/mol. The van der Waals surface area contributed by atoms with Crippen LogP contribution >= 0.6 is 0 Å². The topological polar surface area (TPSA) is 9.23 Å². The van der Waals surface area contributed by atoms with Crippen molar-refractivity contribution < 1.29 is 4.74 Å². The van der Waals surface area contributed by atoms with Gasteiger partial charge in [-0.2, -0.15) is 0 Å². The molecule has 0 unspecified atom stereocenters. The summed E-state index contributed by atoms with van der Waals surface area (Å²) in [5.74, 6) is 8.37. The highest BCUT2D eigenvalue weighted by Crippen LogP contribution is 2.42. The van der Waals surface area contributed by atoms with Crippen molar-refractivity contribution in [2.24, 2.45) is 17.8 Å². The molecule has 17 heavy (non-hydrogen) atoms. The lowest BCUT2D eigenvalue weighted by Crippen LogP contribution is -2.46. The molecule has 0 amide bonds. The predicted octanol–water partition coefficient (Wildman–Crippen LogP) is 4.04. The van der Waals surface area contributed by atoms with Crippen molar-refractivity contribution in [3.63, 3.8) is 0 Å². The minimum absolute atomic E-state index is 0.259. The van der Waals surface area contributed by atoms with Gasteiger partial charge in [0.15, 0.2) is 0 Å². The van der Waals surface area contributed by atoms with E-state index in [1.54, 1.807) is 7.11 Å². The minimum Gasteiger partial charge on any atom is -0.365 e. The second-order valence-electron chi connectivity index (χ2n) is 5.86. The van der Waals surface area contributed by atoms with E-state index in [0.29, 0.717) is 17.8 Å². The van der Waals surface area contributed by atoms with E-state index in [1.165, 1.54) is 12.8 Å². The van der Waals surface area contributed by atoms with Crippen LogP contribution in [-0.4, -0.2) is 12.7 Å². The van der Waals surface area contributed by atoms with Crippen LogP contribution < -0.4 is 0 Å². The first kappa shape index (κ1) is 14.3. The maximum absolute atomic E-state index is 5.86. The van der Waals surface area contributed by atoms with E-state index < -0.39 is 0 Å². The molecule has 0 N–H and O–H groups in total. The molecule has 0 aliphatic heterocycles. The van der Waals surface area contributed by atoms with E-state index in [0.717, 1.165) is 12.0 Å². The maximum atomic E-state index is 5.86.